The maximum absolute atomic E-state index is 14.1. The van der Waals surface area contributed by atoms with Gasteiger partial charge in [0, 0.05) is 17.7 Å². The van der Waals surface area contributed by atoms with Crippen LogP contribution in [0, 0.1) is 5.82 Å². The first-order valence-corrected chi connectivity index (χ1v) is 6.66. The van der Waals surface area contributed by atoms with Gasteiger partial charge in [-0.15, -0.1) is 0 Å². The molecule has 3 nitrogen and oxygen atoms in total. The van der Waals surface area contributed by atoms with Gasteiger partial charge in [-0.3, -0.25) is 0 Å². The van der Waals surface area contributed by atoms with Gasteiger partial charge < -0.3 is 14.9 Å². The van der Waals surface area contributed by atoms with E-state index < -0.39 is 17.0 Å². The second-order valence-corrected chi connectivity index (χ2v) is 5.64. The minimum absolute atomic E-state index is 0.282. The summed E-state index contributed by atoms with van der Waals surface area (Å²) < 4.78 is 19.6. The molecule has 0 aromatic heterocycles. The van der Waals surface area contributed by atoms with Crippen LogP contribution in [-0.2, 0) is 10.3 Å². The fraction of sp³-hybridized carbons (Fsp3) is 0.571. The summed E-state index contributed by atoms with van der Waals surface area (Å²) in [5, 5.41) is 19.6. The monoisotopic (exact) mass is 288 g/mol. The highest BCUT2D eigenvalue weighted by Crippen LogP contribution is 2.44. The second-order valence-electron chi connectivity index (χ2n) is 5.21. The molecule has 1 aromatic carbocycles. The van der Waals surface area contributed by atoms with Crippen LogP contribution in [0.25, 0.3) is 0 Å². The number of ether oxygens (including phenoxy) is 1. The van der Waals surface area contributed by atoms with Gasteiger partial charge in [0.25, 0.3) is 0 Å². The number of benzene rings is 1. The molecule has 0 atom stereocenters. The van der Waals surface area contributed by atoms with Crippen LogP contribution >= 0.6 is 11.6 Å². The van der Waals surface area contributed by atoms with E-state index in [9.17, 15) is 14.6 Å². The van der Waals surface area contributed by atoms with E-state index in [0.717, 1.165) is 0 Å². The Labute approximate surface area is 117 Å². The van der Waals surface area contributed by atoms with Gasteiger partial charge in [-0.2, -0.15) is 0 Å². The van der Waals surface area contributed by atoms with Crippen molar-refractivity contribution in [2.45, 2.75) is 36.9 Å². The number of hydrogen-bond acceptors (Lipinski definition) is 3. The van der Waals surface area contributed by atoms with Crippen LogP contribution in [0.5, 0.6) is 0 Å². The molecule has 0 spiro atoms. The summed E-state index contributed by atoms with van der Waals surface area (Å²) in [6.07, 6.45) is 1.66. The Balaban J connectivity index is 2.30. The largest absolute Gasteiger partial charge is 0.393 e. The van der Waals surface area contributed by atoms with Crippen LogP contribution in [-0.4, -0.2) is 29.5 Å². The molecule has 0 unspecified atom stereocenters. The molecule has 1 saturated carbocycles. The normalized spacial score (nSPS) is 31.4. The zero-order chi connectivity index (χ0) is 14.1. The molecule has 0 aliphatic heterocycles. The van der Waals surface area contributed by atoms with Gasteiger partial charge >= 0.3 is 0 Å². The molecular weight excluding hydrogens is 271 g/mol. The van der Waals surface area contributed by atoms with Gasteiger partial charge in [0.05, 0.1) is 17.8 Å². The molecule has 0 bridgehead atoms. The van der Waals surface area contributed by atoms with Gasteiger partial charge in [0.2, 0.25) is 0 Å². The van der Waals surface area contributed by atoms with Crippen molar-refractivity contribution in [3.8, 4) is 0 Å². The lowest BCUT2D eigenvalue weighted by Gasteiger charge is -2.42. The highest BCUT2D eigenvalue weighted by molar-refractivity contribution is 6.30. The van der Waals surface area contributed by atoms with Crippen LogP contribution in [0.2, 0.25) is 5.02 Å². The first kappa shape index (κ1) is 14.7. The quantitative estimate of drug-likeness (QED) is 0.899. The van der Waals surface area contributed by atoms with E-state index in [1.807, 2.05) is 0 Å². The number of aliphatic hydroxyl groups is 2. The van der Waals surface area contributed by atoms with Crippen LogP contribution in [0.4, 0.5) is 4.39 Å². The van der Waals surface area contributed by atoms with Crippen molar-refractivity contribution >= 4 is 11.6 Å². The van der Waals surface area contributed by atoms with Crippen molar-refractivity contribution in [3.05, 3.63) is 34.6 Å². The Kier molecular flexibility index (Phi) is 4.16. The topological polar surface area (TPSA) is 49.7 Å². The Hall–Kier alpha value is -0.680. The summed E-state index contributed by atoms with van der Waals surface area (Å²) in [7, 11) is 1.54. The molecule has 1 fully saturated rings. The SMILES string of the molecule is COC1(c2ccc(Cl)cc2F)CCC(O)(CO)CC1. The number of hydrogen-bond donors (Lipinski definition) is 2. The number of halogens is 2. The zero-order valence-corrected chi connectivity index (χ0v) is 11.6. The van der Waals surface area contributed by atoms with Crippen LogP contribution < -0.4 is 0 Å². The van der Waals surface area contributed by atoms with E-state index >= 15 is 0 Å². The summed E-state index contributed by atoms with van der Waals surface area (Å²) >= 11 is 5.76. The van der Waals surface area contributed by atoms with Crippen LogP contribution in [0.15, 0.2) is 18.2 Å². The third-order valence-electron chi connectivity index (χ3n) is 4.10. The Morgan fingerprint density at radius 2 is 1.95 bits per heavy atom. The molecule has 1 aliphatic rings. The lowest BCUT2D eigenvalue weighted by molar-refractivity contribution is -0.121. The van der Waals surface area contributed by atoms with Crippen molar-refractivity contribution in [1.82, 2.24) is 0 Å². The Morgan fingerprint density at radius 3 is 2.42 bits per heavy atom. The lowest BCUT2D eigenvalue weighted by atomic mass is 9.73. The molecule has 1 aliphatic carbocycles. The van der Waals surface area contributed by atoms with Crippen LogP contribution in [0.3, 0.4) is 0 Å². The predicted molar refractivity (Wildman–Crippen MR) is 70.6 cm³/mol. The molecule has 0 heterocycles. The molecule has 0 amide bonds. The minimum Gasteiger partial charge on any atom is -0.393 e. The van der Waals surface area contributed by atoms with E-state index in [-0.39, 0.29) is 6.61 Å². The van der Waals surface area contributed by atoms with Gasteiger partial charge in [-0.1, -0.05) is 17.7 Å². The van der Waals surface area contributed by atoms with Crippen LogP contribution in [0.1, 0.15) is 31.2 Å². The molecule has 2 N–H and O–H groups in total. The average molecular weight is 289 g/mol. The number of methoxy groups -OCH3 is 1. The summed E-state index contributed by atoms with van der Waals surface area (Å²) in [4.78, 5) is 0. The first-order valence-electron chi connectivity index (χ1n) is 6.29. The first-order chi connectivity index (χ1) is 8.95. The van der Waals surface area contributed by atoms with E-state index in [0.29, 0.717) is 36.3 Å². The van der Waals surface area contributed by atoms with E-state index in [1.54, 1.807) is 12.1 Å². The fourth-order valence-electron chi connectivity index (χ4n) is 2.72. The third kappa shape index (κ3) is 2.77. The number of aliphatic hydroxyl groups excluding tert-OH is 1. The molecule has 0 radical (unpaired) electrons. The zero-order valence-electron chi connectivity index (χ0n) is 10.8. The predicted octanol–water partition coefficient (Wildman–Crippen LogP) is 2.62. The van der Waals surface area contributed by atoms with Gasteiger partial charge in [-0.05, 0) is 37.8 Å². The molecule has 106 valence electrons. The standard InChI is InChI=1S/C14H18ClFO3/c1-19-14(6-4-13(18,9-17)5-7-14)11-3-2-10(15)8-12(11)16/h2-3,8,17-18H,4-7,9H2,1H3. The van der Waals surface area contributed by atoms with Crippen molar-refractivity contribution in [2.75, 3.05) is 13.7 Å². The van der Waals surface area contributed by atoms with Gasteiger partial charge in [0.15, 0.2) is 0 Å². The molecule has 0 saturated heterocycles. The van der Waals surface area contributed by atoms with Gasteiger partial charge in [-0.25, -0.2) is 4.39 Å². The third-order valence-corrected chi connectivity index (χ3v) is 4.33. The summed E-state index contributed by atoms with van der Waals surface area (Å²) in [6, 6.07) is 4.53. The minimum atomic E-state index is -1.08. The molecule has 2 rings (SSSR count). The fourth-order valence-corrected chi connectivity index (χ4v) is 2.88. The summed E-state index contributed by atoms with van der Waals surface area (Å²) in [5.41, 5.74) is -1.37. The summed E-state index contributed by atoms with van der Waals surface area (Å²) in [6.45, 7) is -0.282. The molecule has 5 heteroatoms. The summed E-state index contributed by atoms with van der Waals surface area (Å²) in [5.74, 6) is -0.399. The van der Waals surface area contributed by atoms with Crippen molar-refractivity contribution < 1.29 is 19.3 Å². The maximum atomic E-state index is 14.1. The van der Waals surface area contributed by atoms with E-state index in [1.165, 1.54) is 13.2 Å². The molecule has 19 heavy (non-hydrogen) atoms. The van der Waals surface area contributed by atoms with E-state index in [4.69, 9.17) is 16.3 Å². The lowest BCUT2D eigenvalue weighted by Crippen LogP contribution is -2.44. The highest BCUT2D eigenvalue weighted by Gasteiger charge is 2.44. The smallest absolute Gasteiger partial charge is 0.130 e. The highest BCUT2D eigenvalue weighted by atomic mass is 35.5. The van der Waals surface area contributed by atoms with E-state index in [2.05, 4.69) is 0 Å². The Morgan fingerprint density at radius 1 is 1.32 bits per heavy atom. The number of rotatable bonds is 3. The molecular formula is C14H18ClFO3. The van der Waals surface area contributed by atoms with Crippen molar-refractivity contribution in [1.29, 1.82) is 0 Å². The average Bonchev–Trinajstić information content (AvgIpc) is 2.41. The maximum Gasteiger partial charge on any atom is 0.130 e. The van der Waals surface area contributed by atoms with Gasteiger partial charge in [0.1, 0.15) is 5.82 Å². The Bertz CT molecular complexity index is 456. The molecule has 1 aromatic rings. The van der Waals surface area contributed by atoms with Crippen molar-refractivity contribution in [2.24, 2.45) is 0 Å². The van der Waals surface area contributed by atoms with Crippen molar-refractivity contribution in [3.63, 3.8) is 0 Å². The second kappa shape index (κ2) is 5.37.